The van der Waals surface area contributed by atoms with Gasteiger partial charge in [-0.3, -0.25) is 10.1 Å². The van der Waals surface area contributed by atoms with Gasteiger partial charge in [-0.15, -0.1) is 0 Å². The Hall–Kier alpha value is -0.610. The Labute approximate surface area is 110 Å². The van der Waals surface area contributed by atoms with Crippen LogP contribution in [0.1, 0.15) is 40.5 Å². The number of ether oxygens (including phenoxy) is 1. The number of carbonyl (C=O) groups is 1. The summed E-state index contributed by atoms with van der Waals surface area (Å²) < 4.78 is 5.46. The van der Waals surface area contributed by atoms with Crippen molar-refractivity contribution in [3.05, 3.63) is 0 Å². The Kier molecular flexibility index (Phi) is 4.28. The topological polar surface area (TPSA) is 41.6 Å². The van der Waals surface area contributed by atoms with Gasteiger partial charge in [-0.25, -0.2) is 0 Å². The summed E-state index contributed by atoms with van der Waals surface area (Å²) >= 11 is 0. The lowest BCUT2D eigenvalue weighted by molar-refractivity contribution is -0.133. The second kappa shape index (κ2) is 5.57. The molecule has 18 heavy (non-hydrogen) atoms. The molecule has 2 fully saturated rings. The molecule has 2 heterocycles. The van der Waals surface area contributed by atoms with Gasteiger partial charge in [0.1, 0.15) is 0 Å². The van der Waals surface area contributed by atoms with Crippen LogP contribution in [0.25, 0.3) is 0 Å². The maximum Gasteiger partial charge on any atom is 0.241 e. The molecule has 4 atom stereocenters. The highest BCUT2D eigenvalue weighted by Crippen LogP contribution is 2.28. The summed E-state index contributed by atoms with van der Waals surface area (Å²) in [7, 11) is 0. The van der Waals surface area contributed by atoms with Crippen LogP contribution < -0.4 is 5.32 Å². The molecule has 2 saturated heterocycles. The lowest BCUT2D eigenvalue weighted by Gasteiger charge is -2.35. The predicted octanol–water partition coefficient (Wildman–Crippen LogP) is 1.60. The van der Waals surface area contributed by atoms with Gasteiger partial charge in [0.15, 0.2) is 0 Å². The molecule has 2 aliphatic heterocycles. The quantitative estimate of drug-likeness (QED) is 0.828. The van der Waals surface area contributed by atoms with E-state index in [1.54, 1.807) is 0 Å². The van der Waals surface area contributed by atoms with Crippen LogP contribution in [0.15, 0.2) is 0 Å². The van der Waals surface area contributed by atoms with Crippen molar-refractivity contribution in [3.63, 3.8) is 0 Å². The first-order chi connectivity index (χ1) is 8.56. The molecular weight excluding hydrogens is 228 g/mol. The van der Waals surface area contributed by atoms with Crippen molar-refractivity contribution in [1.29, 1.82) is 0 Å². The van der Waals surface area contributed by atoms with Gasteiger partial charge < -0.3 is 9.64 Å². The molecule has 0 aromatic carbocycles. The lowest BCUT2D eigenvalue weighted by Crippen LogP contribution is -2.49. The van der Waals surface area contributed by atoms with E-state index >= 15 is 0 Å². The van der Waals surface area contributed by atoms with E-state index in [-0.39, 0.29) is 24.2 Å². The molecule has 0 spiro atoms. The molecule has 0 radical (unpaired) electrons. The smallest absolute Gasteiger partial charge is 0.241 e. The number of carbonyl (C=O) groups excluding carboxylic acids is 1. The zero-order chi connectivity index (χ0) is 13.3. The molecule has 0 aromatic heterocycles. The largest absolute Gasteiger partial charge is 0.381 e. The molecule has 2 rings (SSSR count). The Morgan fingerprint density at radius 1 is 1.44 bits per heavy atom. The van der Waals surface area contributed by atoms with E-state index in [1.165, 1.54) is 0 Å². The van der Waals surface area contributed by atoms with Gasteiger partial charge in [-0.1, -0.05) is 20.8 Å². The van der Waals surface area contributed by atoms with Crippen molar-refractivity contribution in [3.8, 4) is 0 Å². The van der Waals surface area contributed by atoms with Crippen molar-refractivity contribution in [2.75, 3.05) is 13.2 Å². The van der Waals surface area contributed by atoms with Crippen molar-refractivity contribution >= 4 is 5.91 Å². The third-order valence-electron chi connectivity index (χ3n) is 4.35. The zero-order valence-corrected chi connectivity index (χ0v) is 12.0. The first kappa shape index (κ1) is 13.8. The van der Waals surface area contributed by atoms with Crippen LogP contribution in [-0.4, -0.2) is 42.3 Å². The van der Waals surface area contributed by atoms with Gasteiger partial charge in [0.2, 0.25) is 5.91 Å². The fourth-order valence-corrected chi connectivity index (χ4v) is 3.10. The molecule has 104 valence electrons. The highest BCUT2D eigenvalue weighted by molar-refractivity contribution is 5.84. The highest BCUT2D eigenvalue weighted by Gasteiger charge is 2.43. The summed E-state index contributed by atoms with van der Waals surface area (Å²) in [5, 5.41) is 3.48. The van der Waals surface area contributed by atoms with Gasteiger partial charge in [0, 0.05) is 18.6 Å². The minimum Gasteiger partial charge on any atom is -0.381 e. The Morgan fingerprint density at radius 3 is 2.67 bits per heavy atom. The molecule has 0 bridgehead atoms. The van der Waals surface area contributed by atoms with E-state index in [4.69, 9.17) is 4.74 Å². The maximum atomic E-state index is 12.5. The molecule has 4 unspecified atom stereocenters. The first-order valence-corrected chi connectivity index (χ1v) is 7.22. The Balaban J connectivity index is 2.13. The summed E-state index contributed by atoms with van der Waals surface area (Å²) in [6, 6.07) is 0.277. The third-order valence-corrected chi connectivity index (χ3v) is 4.35. The maximum absolute atomic E-state index is 12.5. The van der Waals surface area contributed by atoms with Crippen LogP contribution in [0.2, 0.25) is 0 Å². The number of rotatable bonds is 4. The van der Waals surface area contributed by atoms with Crippen LogP contribution in [0.3, 0.4) is 0 Å². The molecule has 4 heteroatoms. The number of amides is 1. The number of hydrogen-bond donors (Lipinski definition) is 1. The highest BCUT2D eigenvalue weighted by atomic mass is 16.5. The standard InChI is InChI=1S/C14H26N2O2/c1-5-12-14(17)16(13(15-12)9(2)3)10(4)11-6-7-18-8-11/h9-13,15H,5-8H2,1-4H3. The predicted molar refractivity (Wildman–Crippen MR) is 71.1 cm³/mol. The summed E-state index contributed by atoms with van der Waals surface area (Å²) in [6.07, 6.45) is 2.12. The van der Waals surface area contributed by atoms with E-state index in [2.05, 4.69) is 37.9 Å². The Bertz CT molecular complexity index is 300. The second-order valence-electron chi connectivity index (χ2n) is 5.93. The van der Waals surface area contributed by atoms with Crippen LogP contribution >= 0.6 is 0 Å². The monoisotopic (exact) mass is 254 g/mol. The van der Waals surface area contributed by atoms with E-state index in [1.807, 2.05) is 0 Å². The van der Waals surface area contributed by atoms with Gasteiger partial charge in [-0.05, 0) is 25.7 Å². The van der Waals surface area contributed by atoms with Crippen molar-refractivity contribution in [2.45, 2.75) is 58.8 Å². The van der Waals surface area contributed by atoms with Crippen molar-refractivity contribution < 1.29 is 9.53 Å². The fraction of sp³-hybridized carbons (Fsp3) is 0.929. The normalized spacial score (nSPS) is 34.6. The van der Waals surface area contributed by atoms with Gasteiger partial charge in [0.25, 0.3) is 0 Å². The molecule has 1 amide bonds. The minimum absolute atomic E-state index is 0.00201. The van der Waals surface area contributed by atoms with Gasteiger partial charge in [-0.2, -0.15) is 0 Å². The van der Waals surface area contributed by atoms with E-state index in [9.17, 15) is 4.79 Å². The molecular formula is C14H26N2O2. The van der Waals surface area contributed by atoms with Crippen molar-refractivity contribution in [1.82, 2.24) is 10.2 Å². The molecule has 2 aliphatic rings. The minimum atomic E-state index is 0.00201. The van der Waals surface area contributed by atoms with Gasteiger partial charge in [0.05, 0.1) is 18.8 Å². The van der Waals surface area contributed by atoms with Crippen molar-refractivity contribution in [2.24, 2.45) is 11.8 Å². The second-order valence-corrected chi connectivity index (χ2v) is 5.93. The first-order valence-electron chi connectivity index (χ1n) is 7.22. The van der Waals surface area contributed by atoms with Crippen LogP contribution in [0.4, 0.5) is 0 Å². The third kappa shape index (κ3) is 2.41. The van der Waals surface area contributed by atoms with Crippen LogP contribution in [0, 0.1) is 11.8 Å². The fourth-order valence-electron chi connectivity index (χ4n) is 3.10. The average Bonchev–Trinajstić information content (AvgIpc) is 2.95. The van der Waals surface area contributed by atoms with E-state index < -0.39 is 0 Å². The molecule has 0 saturated carbocycles. The summed E-state index contributed by atoms with van der Waals surface area (Å²) in [5.41, 5.74) is 0. The SMILES string of the molecule is CCC1NC(C(C)C)N(C(C)C2CCOC2)C1=O. The lowest BCUT2D eigenvalue weighted by atomic mass is 9.97. The van der Waals surface area contributed by atoms with E-state index in [0.29, 0.717) is 11.8 Å². The zero-order valence-electron chi connectivity index (χ0n) is 12.0. The summed E-state index contributed by atoms with van der Waals surface area (Å²) in [4.78, 5) is 14.6. The van der Waals surface area contributed by atoms with Crippen LogP contribution in [0.5, 0.6) is 0 Å². The number of hydrogen-bond acceptors (Lipinski definition) is 3. The van der Waals surface area contributed by atoms with Gasteiger partial charge >= 0.3 is 0 Å². The molecule has 0 aliphatic carbocycles. The van der Waals surface area contributed by atoms with Crippen LogP contribution in [-0.2, 0) is 9.53 Å². The molecule has 4 nitrogen and oxygen atoms in total. The average molecular weight is 254 g/mol. The summed E-state index contributed by atoms with van der Waals surface area (Å²) in [6.45, 7) is 10.2. The number of nitrogens with one attached hydrogen (secondary N) is 1. The Morgan fingerprint density at radius 2 is 2.17 bits per heavy atom. The summed E-state index contributed by atoms with van der Waals surface area (Å²) in [5.74, 6) is 1.21. The van der Waals surface area contributed by atoms with E-state index in [0.717, 1.165) is 26.1 Å². The molecule has 0 aromatic rings. The number of nitrogens with zero attached hydrogens (tertiary/aromatic N) is 1. The molecule has 1 N–H and O–H groups in total.